The molecule has 2 heterocycles. The van der Waals surface area contributed by atoms with Gasteiger partial charge in [-0.25, -0.2) is 4.99 Å². The van der Waals surface area contributed by atoms with Gasteiger partial charge in [0, 0.05) is 29.6 Å². The fraction of sp³-hybridized carbons (Fsp3) is 0.375. The molecule has 0 spiro atoms. The molecule has 0 N–H and O–H groups in total. The number of aryl methyl sites for hydroxylation is 1. The minimum Gasteiger partial charge on any atom is -0.428 e. The SMILES string of the molecule is Cc1cc(Oc2nc(C(C)(C)c3ccc(Cl)cc3)ns2)c(Cl)cc1N=CN1CCCCC1. The fourth-order valence-electron chi connectivity index (χ4n) is 3.63. The van der Waals surface area contributed by atoms with Crippen LogP contribution in [0.3, 0.4) is 0 Å². The van der Waals surface area contributed by atoms with E-state index >= 15 is 0 Å². The van der Waals surface area contributed by atoms with Crippen LogP contribution in [0.4, 0.5) is 5.69 Å². The minimum atomic E-state index is -0.380. The van der Waals surface area contributed by atoms with E-state index in [0.717, 1.165) is 29.9 Å². The highest BCUT2D eigenvalue weighted by molar-refractivity contribution is 7.07. The van der Waals surface area contributed by atoms with Crippen LogP contribution in [0.1, 0.15) is 50.1 Å². The predicted molar refractivity (Wildman–Crippen MR) is 133 cm³/mol. The van der Waals surface area contributed by atoms with Gasteiger partial charge in [0.2, 0.25) is 0 Å². The summed E-state index contributed by atoms with van der Waals surface area (Å²) in [6, 6.07) is 11.5. The molecule has 32 heavy (non-hydrogen) atoms. The van der Waals surface area contributed by atoms with Crippen molar-refractivity contribution in [3.8, 4) is 10.9 Å². The van der Waals surface area contributed by atoms with Crippen LogP contribution in [0.2, 0.25) is 10.0 Å². The summed E-state index contributed by atoms with van der Waals surface area (Å²) in [4.78, 5) is 11.5. The summed E-state index contributed by atoms with van der Waals surface area (Å²) in [6.07, 6.45) is 5.66. The molecule has 0 atom stereocenters. The molecule has 1 saturated heterocycles. The molecule has 0 amide bonds. The van der Waals surface area contributed by atoms with Gasteiger partial charge in [-0.2, -0.15) is 9.36 Å². The van der Waals surface area contributed by atoms with Gasteiger partial charge in [0.25, 0.3) is 5.19 Å². The molecule has 1 aromatic heterocycles. The highest BCUT2D eigenvalue weighted by Gasteiger charge is 2.28. The zero-order chi connectivity index (χ0) is 22.7. The standard InChI is InChI=1S/C24H26Cl2N4OS/c1-16-13-21(19(26)14-20(16)27-15-30-11-5-4-6-12-30)31-23-28-22(29-32-23)24(2,3)17-7-9-18(25)10-8-17/h7-10,13-15H,4-6,11-12H2,1-3H3. The smallest absolute Gasteiger partial charge is 0.298 e. The average Bonchev–Trinajstić information content (AvgIpc) is 3.26. The highest BCUT2D eigenvalue weighted by atomic mass is 35.5. The normalized spacial score (nSPS) is 14.8. The van der Waals surface area contributed by atoms with Crippen molar-refractivity contribution in [2.45, 2.75) is 45.4 Å². The Hall–Kier alpha value is -2.15. The molecule has 2 aromatic carbocycles. The summed E-state index contributed by atoms with van der Waals surface area (Å²) in [6.45, 7) is 8.27. The molecule has 5 nitrogen and oxygen atoms in total. The van der Waals surface area contributed by atoms with E-state index in [1.807, 2.05) is 49.7 Å². The Morgan fingerprint density at radius 2 is 1.81 bits per heavy atom. The van der Waals surface area contributed by atoms with Gasteiger partial charge < -0.3 is 9.64 Å². The molecule has 0 saturated carbocycles. The van der Waals surface area contributed by atoms with Crippen LogP contribution in [0, 0.1) is 6.92 Å². The minimum absolute atomic E-state index is 0.380. The lowest BCUT2D eigenvalue weighted by Crippen LogP contribution is -2.28. The van der Waals surface area contributed by atoms with Gasteiger partial charge in [-0.1, -0.05) is 35.3 Å². The number of piperidine rings is 1. The second kappa shape index (κ2) is 9.77. The third-order valence-corrected chi connectivity index (χ3v) is 6.87. The Labute approximate surface area is 203 Å². The lowest BCUT2D eigenvalue weighted by molar-refractivity contribution is 0.351. The number of aromatic nitrogens is 2. The summed E-state index contributed by atoms with van der Waals surface area (Å²) in [5.74, 6) is 1.24. The van der Waals surface area contributed by atoms with E-state index in [-0.39, 0.29) is 5.41 Å². The average molecular weight is 489 g/mol. The molecule has 8 heteroatoms. The monoisotopic (exact) mass is 488 g/mol. The van der Waals surface area contributed by atoms with Crippen molar-refractivity contribution in [3.63, 3.8) is 0 Å². The molecule has 1 fully saturated rings. The molecular weight excluding hydrogens is 463 g/mol. The number of nitrogens with zero attached hydrogens (tertiary/aromatic N) is 4. The van der Waals surface area contributed by atoms with E-state index in [1.54, 1.807) is 0 Å². The maximum absolute atomic E-state index is 6.51. The maximum Gasteiger partial charge on any atom is 0.298 e. The van der Waals surface area contributed by atoms with Crippen molar-refractivity contribution >= 4 is 46.8 Å². The third kappa shape index (κ3) is 5.25. The summed E-state index contributed by atoms with van der Waals surface area (Å²) in [5, 5.41) is 1.65. The molecule has 4 rings (SSSR count). The van der Waals surface area contributed by atoms with Crippen LogP contribution in [-0.2, 0) is 5.41 Å². The largest absolute Gasteiger partial charge is 0.428 e. The Bertz CT molecular complexity index is 1110. The maximum atomic E-state index is 6.51. The lowest BCUT2D eigenvalue weighted by atomic mass is 9.84. The van der Waals surface area contributed by atoms with E-state index in [2.05, 4.69) is 33.1 Å². The molecule has 0 aliphatic carbocycles. The molecule has 3 aromatic rings. The fourth-order valence-corrected chi connectivity index (χ4v) is 4.64. The van der Waals surface area contributed by atoms with Gasteiger partial charge in [-0.3, -0.25) is 0 Å². The zero-order valence-electron chi connectivity index (χ0n) is 18.4. The van der Waals surface area contributed by atoms with E-state index in [1.165, 1.54) is 30.8 Å². The first-order valence-electron chi connectivity index (χ1n) is 10.7. The van der Waals surface area contributed by atoms with Crippen molar-refractivity contribution in [1.29, 1.82) is 0 Å². The van der Waals surface area contributed by atoms with Gasteiger partial charge in [0.15, 0.2) is 5.82 Å². The molecule has 0 unspecified atom stereocenters. The highest BCUT2D eigenvalue weighted by Crippen LogP contribution is 2.38. The summed E-state index contributed by atoms with van der Waals surface area (Å²) >= 11 is 13.8. The zero-order valence-corrected chi connectivity index (χ0v) is 20.8. The second-order valence-electron chi connectivity index (χ2n) is 8.53. The van der Waals surface area contributed by atoms with Crippen molar-refractivity contribution in [2.75, 3.05) is 13.1 Å². The van der Waals surface area contributed by atoms with Crippen molar-refractivity contribution < 1.29 is 4.74 Å². The van der Waals surface area contributed by atoms with Crippen LogP contribution in [0.5, 0.6) is 10.9 Å². The molecule has 1 aliphatic rings. The molecular formula is C24H26Cl2N4OS. The third-order valence-electron chi connectivity index (χ3n) is 5.73. The number of likely N-dealkylation sites (tertiary alicyclic amines) is 1. The quantitative estimate of drug-likeness (QED) is 0.267. The van der Waals surface area contributed by atoms with Crippen molar-refractivity contribution in [3.05, 3.63) is 63.4 Å². The summed E-state index contributed by atoms with van der Waals surface area (Å²) in [5.41, 5.74) is 2.53. The number of hydrogen-bond donors (Lipinski definition) is 0. The molecule has 1 aliphatic heterocycles. The van der Waals surface area contributed by atoms with Crippen molar-refractivity contribution in [1.82, 2.24) is 14.3 Å². The van der Waals surface area contributed by atoms with Gasteiger partial charge in [-0.15, -0.1) is 0 Å². The molecule has 0 radical (unpaired) electrons. The van der Waals surface area contributed by atoms with Crippen LogP contribution < -0.4 is 4.74 Å². The van der Waals surface area contributed by atoms with Crippen LogP contribution in [-0.4, -0.2) is 33.7 Å². The Morgan fingerprint density at radius 3 is 2.53 bits per heavy atom. The molecule has 168 valence electrons. The lowest BCUT2D eigenvalue weighted by Gasteiger charge is -2.23. The van der Waals surface area contributed by atoms with E-state index in [9.17, 15) is 0 Å². The van der Waals surface area contributed by atoms with Crippen LogP contribution in [0.25, 0.3) is 0 Å². The Kier molecular flexibility index (Phi) is 7.03. The van der Waals surface area contributed by atoms with Gasteiger partial charge >= 0.3 is 0 Å². The van der Waals surface area contributed by atoms with Gasteiger partial charge in [-0.05, 0) is 75.4 Å². The predicted octanol–water partition coefficient (Wildman–Crippen LogP) is 7.42. The number of hydrogen-bond acceptors (Lipinski definition) is 5. The van der Waals surface area contributed by atoms with Crippen molar-refractivity contribution in [2.24, 2.45) is 4.99 Å². The van der Waals surface area contributed by atoms with Crippen LogP contribution >= 0.6 is 34.7 Å². The van der Waals surface area contributed by atoms with E-state index in [0.29, 0.717) is 26.8 Å². The number of ether oxygens (including phenoxy) is 1. The number of rotatable bonds is 6. The van der Waals surface area contributed by atoms with E-state index < -0.39 is 0 Å². The summed E-state index contributed by atoms with van der Waals surface area (Å²) in [7, 11) is 0. The molecule has 0 bridgehead atoms. The van der Waals surface area contributed by atoms with E-state index in [4.69, 9.17) is 27.9 Å². The van der Waals surface area contributed by atoms with Gasteiger partial charge in [0.05, 0.1) is 22.5 Å². The Morgan fingerprint density at radius 1 is 1.09 bits per heavy atom. The Balaban J connectivity index is 1.50. The first-order valence-corrected chi connectivity index (χ1v) is 12.2. The first-order chi connectivity index (χ1) is 15.3. The van der Waals surface area contributed by atoms with Gasteiger partial charge in [0.1, 0.15) is 5.75 Å². The topological polar surface area (TPSA) is 50.6 Å². The second-order valence-corrected chi connectivity index (χ2v) is 10.1. The summed E-state index contributed by atoms with van der Waals surface area (Å²) < 4.78 is 10.5. The number of aliphatic imine (C=N–C) groups is 1. The van der Waals surface area contributed by atoms with Crippen LogP contribution in [0.15, 0.2) is 41.4 Å². The number of halogens is 2. The number of benzene rings is 2. The first kappa shape index (κ1) is 23.0.